The third-order valence-electron chi connectivity index (χ3n) is 5.30. The van der Waals surface area contributed by atoms with Crippen LogP contribution in [0.3, 0.4) is 0 Å². The van der Waals surface area contributed by atoms with E-state index in [4.69, 9.17) is 19.7 Å². The zero-order valence-corrected chi connectivity index (χ0v) is 16.4. The Hall–Kier alpha value is 0.900. The number of fused-ring (bicyclic) bond motifs is 5. The van der Waals surface area contributed by atoms with Gasteiger partial charge in [0.05, 0.1) is 30.5 Å². The number of nitrogens with zero attached hydrogens (tertiary/aromatic N) is 1. The van der Waals surface area contributed by atoms with Gasteiger partial charge in [-0.05, 0) is 18.8 Å². The highest BCUT2D eigenvalue weighted by Gasteiger charge is 2.62. The second-order valence-electron chi connectivity index (χ2n) is 6.52. The number of alkyl halides is 2. The SMILES string of the molecule is O=NC(CC(O)O)CC1CC2OC1C1C(CI)OC(CI)C21. The van der Waals surface area contributed by atoms with Crippen LogP contribution in [0.2, 0.25) is 0 Å². The Morgan fingerprint density at radius 1 is 1.14 bits per heavy atom. The fourth-order valence-electron chi connectivity index (χ4n) is 4.56. The van der Waals surface area contributed by atoms with E-state index in [9.17, 15) is 4.91 Å². The van der Waals surface area contributed by atoms with Crippen LogP contribution in [0.1, 0.15) is 19.3 Å². The fraction of sp³-hybridized carbons (Fsp3) is 1.00. The molecular weight excluding hydrogens is 516 g/mol. The lowest BCUT2D eigenvalue weighted by Crippen LogP contribution is -2.39. The number of hydrogen-bond donors (Lipinski definition) is 2. The lowest BCUT2D eigenvalue weighted by molar-refractivity contribution is -0.0517. The molecule has 8 heteroatoms. The van der Waals surface area contributed by atoms with E-state index in [1.165, 1.54) is 0 Å². The van der Waals surface area contributed by atoms with Gasteiger partial charge < -0.3 is 19.7 Å². The molecule has 6 nitrogen and oxygen atoms in total. The number of ether oxygens (including phenoxy) is 2. The van der Waals surface area contributed by atoms with E-state index >= 15 is 0 Å². The van der Waals surface area contributed by atoms with Crippen LogP contribution in [0, 0.1) is 22.7 Å². The summed E-state index contributed by atoms with van der Waals surface area (Å²) in [6, 6.07) is -0.549. The minimum absolute atomic E-state index is 0.00801. The molecule has 126 valence electrons. The number of rotatable bonds is 7. The Morgan fingerprint density at radius 3 is 2.41 bits per heavy atom. The predicted molar refractivity (Wildman–Crippen MR) is 97.2 cm³/mol. The number of aliphatic hydroxyl groups is 2. The number of halogens is 2. The van der Waals surface area contributed by atoms with Crippen molar-refractivity contribution in [2.24, 2.45) is 22.9 Å². The molecule has 8 atom stereocenters. The topological polar surface area (TPSA) is 88.4 Å². The Kier molecular flexibility index (Phi) is 5.98. The smallest absolute Gasteiger partial charge is 0.153 e. The average Bonchev–Trinajstić information content (AvgIpc) is 3.15. The molecular formula is C14H21I2NO5. The van der Waals surface area contributed by atoms with Gasteiger partial charge in [-0.15, -0.1) is 0 Å². The quantitative estimate of drug-likeness (QED) is 0.224. The van der Waals surface area contributed by atoms with E-state index in [0.717, 1.165) is 15.3 Å². The normalized spacial score (nSPS) is 44.5. The van der Waals surface area contributed by atoms with Crippen molar-refractivity contribution in [3.05, 3.63) is 4.91 Å². The van der Waals surface area contributed by atoms with E-state index in [0.29, 0.717) is 18.3 Å². The molecule has 2 N–H and O–H groups in total. The summed E-state index contributed by atoms with van der Waals surface area (Å²) in [6.07, 6.45) is 0.902. The van der Waals surface area contributed by atoms with E-state index in [-0.39, 0.29) is 36.8 Å². The van der Waals surface area contributed by atoms with Gasteiger partial charge in [0.15, 0.2) is 6.29 Å². The third kappa shape index (κ3) is 3.19. The first-order chi connectivity index (χ1) is 10.6. The molecule has 3 heterocycles. The molecule has 8 unspecified atom stereocenters. The second kappa shape index (κ2) is 7.42. The van der Waals surface area contributed by atoms with Crippen molar-refractivity contribution >= 4 is 45.2 Å². The molecule has 3 saturated heterocycles. The lowest BCUT2D eigenvalue weighted by Gasteiger charge is -2.31. The molecule has 22 heavy (non-hydrogen) atoms. The minimum Gasteiger partial charge on any atom is -0.374 e. The van der Waals surface area contributed by atoms with Gasteiger partial charge in [-0.2, -0.15) is 4.91 Å². The van der Waals surface area contributed by atoms with Gasteiger partial charge in [-0.1, -0.05) is 50.4 Å². The molecule has 0 radical (unpaired) electrons. The first-order valence-corrected chi connectivity index (χ1v) is 10.8. The lowest BCUT2D eigenvalue weighted by atomic mass is 9.70. The second-order valence-corrected chi connectivity index (χ2v) is 8.28. The van der Waals surface area contributed by atoms with Gasteiger partial charge in [0.2, 0.25) is 0 Å². The Labute approximate surface area is 156 Å². The fourth-order valence-corrected chi connectivity index (χ4v) is 6.15. The van der Waals surface area contributed by atoms with Crippen LogP contribution in [0.5, 0.6) is 0 Å². The summed E-state index contributed by atoms with van der Waals surface area (Å²) in [5.41, 5.74) is 0. The molecule has 3 aliphatic rings. The summed E-state index contributed by atoms with van der Waals surface area (Å²) in [7, 11) is 0. The highest BCUT2D eigenvalue weighted by molar-refractivity contribution is 14.1. The maximum Gasteiger partial charge on any atom is 0.153 e. The average molecular weight is 537 g/mol. The molecule has 0 aromatic heterocycles. The van der Waals surface area contributed by atoms with Gasteiger partial charge in [-0.25, -0.2) is 0 Å². The summed E-state index contributed by atoms with van der Waals surface area (Å²) in [5.74, 6) is 1.16. The molecule has 0 saturated carbocycles. The summed E-state index contributed by atoms with van der Waals surface area (Å²) in [6.45, 7) is 0. The van der Waals surface area contributed by atoms with E-state index in [2.05, 4.69) is 50.4 Å². The third-order valence-corrected chi connectivity index (χ3v) is 7.04. The van der Waals surface area contributed by atoms with Crippen LogP contribution < -0.4 is 0 Å². The summed E-state index contributed by atoms with van der Waals surface area (Å²) < 4.78 is 14.3. The van der Waals surface area contributed by atoms with E-state index in [1.807, 2.05) is 0 Å². The van der Waals surface area contributed by atoms with Crippen LogP contribution in [-0.2, 0) is 9.47 Å². The first kappa shape index (κ1) is 17.7. The zero-order chi connectivity index (χ0) is 15.9. The maximum atomic E-state index is 10.9. The Bertz CT molecular complexity index is 413. The van der Waals surface area contributed by atoms with Crippen molar-refractivity contribution in [2.75, 3.05) is 8.86 Å². The molecule has 0 spiro atoms. The van der Waals surface area contributed by atoms with Gasteiger partial charge in [-0.3, -0.25) is 0 Å². The van der Waals surface area contributed by atoms with Crippen LogP contribution in [0.25, 0.3) is 0 Å². The van der Waals surface area contributed by atoms with Gasteiger partial charge in [0, 0.05) is 27.1 Å². The number of hydrogen-bond acceptors (Lipinski definition) is 6. The molecule has 0 amide bonds. The molecule has 3 aliphatic heterocycles. The minimum atomic E-state index is -1.48. The van der Waals surface area contributed by atoms with Gasteiger partial charge >= 0.3 is 0 Å². The van der Waals surface area contributed by atoms with E-state index < -0.39 is 12.3 Å². The summed E-state index contributed by atoms with van der Waals surface area (Å²) in [5, 5.41) is 21.2. The largest absolute Gasteiger partial charge is 0.374 e. The van der Waals surface area contributed by atoms with Crippen molar-refractivity contribution in [3.63, 3.8) is 0 Å². The summed E-state index contributed by atoms with van der Waals surface area (Å²) in [4.78, 5) is 10.9. The molecule has 0 aromatic rings. The number of nitroso groups, excluding NO2 is 1. The Balaban J connectivity index is 1.68. The van der Waals surface area contributed by atoms with Crippen molar-refractivity contribution in [1.82, 2.24) is 0 Å². The highest BCUT2D eigenvalue weighted by Crippen LogP contribution is 2.55. The molecule has 2 bridgehead atoms. The molecule has 3 rings (SSSR count). The van der Waals surface area contributed by atoms with Crippen molar-refractivity contribution in [3.8, 4) is 0 Å². The monoisotopic (exact) mass is 537 g/mol. The van der Waals surface area contributed by atoms with Crippen LogP contribution in [0.15, 0.2) is 5.18 Å². The zero-order valence-electron chi connectivity index (χ0n) is 12.1. The van der Waals surface area contributed by atoms with Crippen molar-refractivity contribution in [1.29, 1.82) is 0 Å². The van der Waals surface area contributed by atoms with Crippen LogP contribution in [0.4, 0.5) is 0 Å². The number of aliphatic hydroxyl groups excluding tert-OH is 1. The molecule has 0 aromatic carbocycles. The van der Waals surface area contributed by atoms with Gasteiger partial charge in [0.1, 0.15) is 0 Å². The summed E-state index contributed by atoms with van der Waals surface area (Å²) >= 11 is 4.75. The van der Waals surface area contributed by atoms with Crippen LogP contribution in [-0.4, -0.2) is 55.8 Å². The predicted octanol–water partition coefficient (Wildman–Crippen LogP) is 1.87. The highest BCUT2D eigenvalue weighted by atomic mass is 127. The molecule has 0 aliphatic carbocycles. The van der Waals surface area contributed by atoms with Gasteiger partial charge in [0.25, 0.3) is 0 Å². The first-order valence-electron chi connectivity index (χ1n) is 7.70. The van der Waals surface area contributed by atoms with Crippen molar-refractivity contribution < 1.29 is 19.7 Å². The Morgan fingerprint density at radius 2 is 1.82 bits per heavy atom. The van der Waals surface area contributed by atoms with Crippen LogP contribution >= 0.6 is 45.2 Å². The van der Waals surface area contributed by atoms with E-state index in [1.54, 1.807) is 0 Å². The molecule has 3 fully saturated rings. The standard InChI is InChI=1S/C14H21I2NO5/c15-4-9-12-8-2-6(1-7(17-20)3-11(18)19)14(22-8)13(12)10(5-16)21-9/h6-14,18-19H,1-5H2. The van der Waals surface area contributed by atoms with Crippen molar-refractivity contribution in [2.45, 2.75) is 56.0 Å². The maximum absolute atomic E-state index is 10.9.